The Morgan fingerprint density at radius 3 is 2.16 bits per heavy atom. The van der Waals surface area contributed by atoms with Gasteiger partial charge in [-0.1, -0.05) is 0 Å². The molecular weight excluding hydrogens is 248 g/mol. The van der Waals surface area contributed by atoms with E-state index in [0.29, 0.717) is 0 Å². The van der Waals surface area contributed by atoms with Crippen molar-refractivity contribution in [2.45, 2.75) is 52.1 Å². The van der Waals surface area contributed by atoms with Crippen LogP contribution in [0.1, 0.15) is 40.5 Å². The van der Waals surface area contributed by atoms with E-state index >= 15 is 0 Å². The molecule has 3 N–H and O–H groups in total. The summed E-state index contributed by atoms with van der Waals surface area (Å²) >= 11 is 0. The fourth-order valence-electron chi connectivity index (χ4n) is 1.71. The highest BCUT2D eigenvalue weighted by Crippen LogP contribution is 2.32. The third kappa shape index (κ3) is 3.37. The average Bonchev–Trinajstić information content (AvgIpc) is 3.08. The van der Waals surface area contributed by atoms with Crippen LogP contribution >= 0.6 is 0 Å². The van der Waals surface area contributed by atoms with E-state index in [1.807, 2.05) is 0 Å². The van der Waals surface area contributed by atoms with Crippen LogP contribution in [0.15, 0.2) is 0 Å². The minimum Gasteiger partial charge on any atom is -0.481 e. The molecule has 0 unspecified atom stereocenters. The highest BCUT2D eigenvalue weighted by molar-refractivity contribution is 5.80. The SMILES string of the molecule is CC(C)(NC(=O)N(CCO)C1CC1)C(C)(C)C(=O)O. The van der Waals surface area contributed by atoms with Crippen LogP contribution in [0, 0.1) is 5.41 Å². The van der Waals surface area contributed by atoms with Crippen molar-refractivity contribution in [3.8, 4) is 0 Å². The maximum atomic E-state index is 12.2. The molecule has 19 heavy (non-hydrogen) atoms. The van der Waals surface area contributed by atoms with Crippen molar-refractivity contribution in [1.29, 1.82) is 0 Å². The average molecular weight is 272 g/mol. The summed E-state index contributed by atoms with van der Waals surface area (Å²) in [5, 5.41) is 21.0. The van der Waals surface area contributed by atoms with Gasteiger partial charge in [0, 0.05) is 12.6 Å². The number of aliphatic hydroxyl groups is 1. The highest BCUT2D eigenvalue weighted by atomic mass is 16.4. The van der Waals surface area contributed by atoms with Crippen molar-refractivity contribution < 1.29 is 19.8 Å². The summed E-state index contributed by atoms with van der Waals surface area (Å²) in [4.78, 5) is 25.1. The lowest BCUT2D eigenvalue weighted by Gasteiger charge is -2.40. The maximum absolute atomic E-state index is 12.2. The van der Waals surface area contributed by atoms with Crippen molar-refractivity contribution in [2.75, 3.05) is 13.2 Å². The number of aliphatic carboxylic acids is 1. The summed E-state index contributed by atoms with van der Waals surface area (Å²) < 4.78 is 0. The van der Waals surface area contributed by atoms with Crippen LogP contribution < -0.4 is 5.32 Å². The van der Waals surface area contributed by atoms with Crippen LogP contribution in [0.4, 0.5) is 4.79 Å². The van der Waals surface area contributed by atoms with Crippen molar-refractivity contribution in [3.63, 3.8) is 0 Å². The van der Waals surface area contributed by atoms with Gasteiger partial charge in [0.15, 0.2) is 0 Å². The molecule has 1 rings (SSSR count). The molecule has 0 aliphatic heterocycles. The van der Waals surface area contributed by atoms with Crippen LogP contribution in [0.3, 0.4) is 0 Å². The Hall–Kier alpha value is -1.30. The number of nitrogens with one attached hydrogen (secondary N) is 1. The van der Waals surface area contributed by atoms with Crippen molar-refractivity contribution in [3.05, 3.63) is 0 Å². The van der Waals surface area contributed by atoms with Crippen LogP contribution in [0.25, 0.3) is 0 Å². The quantitative estimate of drug-likeness (QED) is 0.674. The van der Waals surface area contributed by atoms with E-state index in [0.717, 1.165) is 12.8 Å². The predicted octanol–water partition coefficient (Wildman–Crippen LogP) is 1.04. The van der Waals surface area contributed by atoms with Gasteiger partial charge >= 0.3 is 12.0 Å². The van der Waals surface area contributed by atoms with Crippen LogP contribution in [0.2, 0.25) is 0 Å². The highest BCUT2D eigenvalue weighted by Gasteiger charge is 2.45. The zero-order chi connectivity index (χ0) is 14.8. The van der Waals surface area contributed by atoms with E-state index < -0.39 is 16.9 Å². The van der Waals surface area contributed by atoms with Crippen LogP contribution in [0.5, 0.6) is 0 Å². The zero-order valence-electron chi connectivity index (χ0n) is 12.1. The van der Waals surface area contributed by atoms with Gasteiger partial charge in [0.2, 0.25) is 0 Å². The van der Waals surface area contributed by atoms with Gasteiger partial charge < -0.3 is 20.4 Å². The first-order valence-electron chi connectivity index (χ1n) is 6.56. The molecule has 1 saturated carbocycles. The number of carbonyl (C=O) groups is 2. The Balaban J connectivity index is 2.76. The topological polar surface area (TPSA) is 89.9 Å². The standard InChI is InChI=1S/C13H24N2O4/c1-12(2,10(17)18)13(3,4)14-11(19)15(7-8-16)9-5-6-9/h9,16H,5-8H2,1-4H3,(H,14,19)(H,17,18). The third-order valence-electron chi connectivity index (χ3n) is 4.11. The summed E-state index contributed by atoms with van der Waals surface area (Å²) in [7, 11) is 0. The van der Waals surface area contributed by atoms with Gasteiger partial charge in [0.25, 0.3) is 0 Å². The number of nitrogens with zero attached hydrogens (tertiary/aromatic N) is 1. The number of carboxylic acid groups (broad SMARTS) is 1. The second-order valence-corrected chi connectivity index (χ2v) is 6.13. The van der Waals surface area contributed by atoms with E-state index in [-0.39, 0.29) is 25.2 Å². The monoisotopic (exact) mass is 272 g/mol. The maximum Gasteiger partial charge on any atom is 0.318 e. The van der Waals surface area contributed by atoms with Crippen LogP contribution in [-0.2, 0) is 4.79 Å². The van der Waals surface area contributed by atoms with E-state index in [4.69, 9.17) is 5.11 Å². The Kier molecular flexibility index (Phi) is 4.45. The van der Waals surface area contributed by atoms with Crippen LogP contribution in [-0.4, -0.2) is 51.8 Å². The number of carboxylic acids is 1. The van der Waals surface area contributed by atoms with E-state index in [1.54, 1.807) is 32.6 Å². The molecule has 0 heterocycles. The number of carbonyl (C=O) groups excluding carboxylic acids is 1. The number of urea groups is 1. The number of aliphatic hydroxyl groups excluding tert-OH is 1. The normalized spacial score (nSPS) is 16.1. The first kappa shape index (κ1) is 15.8. The summed E-state index contributed by atoms with van der Waals surface area (Å²) in [5.74, 6) is -0.960. The molecule has 6 nitrogen and oxygen atoms in total. The summed E-state index contributed by atoms with van der Waals surface area (Å²) in [6, 6.07) is -0.133. The first-order chi connectivity index (χ1) is 8.63. The molecule has 0 radical (unpaired) electrons. The molecule has 2 amide bonds. The van der Waals surface area contributed by atoms with E-state index in [2.05, 4.69) is 5.32 Å². The first-order valence-corrected chi connectivity index (χ1v) is 6.56. The minimum absolute atomic E-state index is 0.0906. The number of amides is 2. The Bertz CT molecular complexity index is 362. The molecule has 0 aromatic heterocycles. The van der Waals surface area contributed by atoms with Gasteiger partial charge in [-0.3, -0.25) is 4.79 Å². The minimum atomic E-state index is -1.09. The lowest BCUT2D eigenvalue weighted by atomic mass is 9.74. The summed E-state index contributed by atoms with van der Waals surface area (Å²) in [6.07, 6.45) is 1.88. The second-order valence-electron chi connectivity index (χ2n) is 6.13. The Labute approximate surface area is 113 Å². The largest absolute Gasteiger partial charge is 0.481 e. The molecule has 0 saturated heterocycles. The molecule has 0 aromatic carbocycles. The van der Waals surface area contributed by atoms with Gasteiger partial charge in [-0.2, -0.15) is 0 Å². The summed E-state index contributed by atoms with van der Waals surface area (Å²) in [6.45, 7) is 6.76. The Morgan fingerprint density at radius 2 is 1.79 bits per heavy atom. The van der Waals surface area contributed by atoms with Gasteiger partial charge in [-0.15, -0.1) is 0 Å². The smallest absolute Gasteiger partial charge is 0.318 e. The van der Waals surface area contributed by atoms with Crippen molar-refractivity contribution in [2.24, 2.45) is 5.41 Å². The van der Waals surface area contributed by atoms with Gasteiger partial charge in [0.1, 0.15) is 0 Å². The van der Waals surface area contributed by atoms with Gasteiger partial charge in [-0.25, -0.2) is 4.79 Å². The van der Waals surface area contributed by atoms with E-state index in [9.17, 15) is 14.7 Å². The van der Waals surface area contributed by atoms with Crippen molar-refractivity contribution >= 4 is 12.0 Å². The molecule has 1 aliphatic carbocycles. The molecule has 110 valence electrons. The lowest BCUT2D eigenvalue weighted by Crippen LogP contribution is -2.60. The molecule has 1 aliphatic rings. The molecule has 0 atom stereocenters. The van der Waals surface area contributed by atoms with E-state index in [1.165, 1.54) is 0 Å². The predicted molar refractivity (Wildman–Crippen MR) is 70.8 cm³/mol. The van der Waals surface area contributed by atoms with Gasteiger partial charge in [-0.05, 0) is 40.5 Å². The number of hydrogen-bond acceptors (Lipinski definition) is 3. The number of rotatable bonds is 6. The number of hydrogen-bond donors (Lipinski definition) is 3. The fourth-order valence-corrected chi connectivity index (χ4v) is 1.71. The zero-order valence-corrected chi connectivity index (χ0v) is 12.1. The molecular formula is C13H24N2O4. The summed E-state index contributed by atoms with van der Waals surface area (Å²) in [5.41, 5.74) is -1.98. The fraction of sp³-hybridized carbons (Fsp3) is 0.846. The Morgan fingerprint density at radius 1 is 1.26 bits per heavy atom. The molecule has 0 aromatic rings. The van der Waals surface area contributed by atoms with Crippen molar-refractivity contribution in [1.82, 2.24) is 10.2 Å². The molecule has 1 fully saturated rings. The van der Waals surface area contributed by atoms with Gasteiger partial charge in [0.05, 0.1) is 17.6 Å². The molecule has 0 spiro atoms. The molecule has 6 heteroatoms. The third-order valence-corrected chi connectivity index (χ3v) is 4.11. The second kappa shape index (κ2) is 5.36. The molecule has 0 bridgehead atoms. The lowest BCUT2D eigenvalue weighted by molar-refractivity contribution is -0.150.